The van der Waals surface area contributed by atoms with E-state index in [2.05, 4.69) is 16.0 Å². The molecule has 12 nitrogen and oxygen atoms in total. The lowest BCUT2D eigenvalue weighted by Crippen LogP contribution is -2.61. The molecule has 0 aromatic heterocycles. The molecule has 0 aliphatic rings. The van der Waals surface area contributed by atoms with E-state index in [0.717, 1.165) is 6.42 Å². The van der Waals surface area contributed by atoms with Crippen LogP contribution in [-0.2, 0) is 28.7 Å². The molecule has 0 radical (unpaired) electrons. The average Bonchev–Trinajstić information content (AvgIpc) is 3.00. The van der Waals surface area contributed by atoms with Crippen LogP contribution in [-0.4, -0.2) is 109 Å². The van der Waals surface area contributed by atoms with Crippen LogP contribution in [0.1, 0.15) is 94.4 Å². The molecule has 7 unspecified atom stereocenters. The molecular weight excluding hydrogens is 590 g/mol. The highest BCUT2D eigenvalue weighted by molar-refractivity contribution is 5.95. The Kier molecular flexibility index (Phi) is 19.0. The number of esters is 1. The Labute approximate surface area is 277 Å². The number of nitrogens with one attached hydrogen (secondary N) is 3. The summed E-state index contributed by atoms with van der Waals surface area (Å²) in [6.45, 7) is 16.3. The molecule has 0 fully saturated rings. The molecule has 0 saturated heterocycles. The van der Waals surface area contributed by atoms with Gasteiger partial charge in [-0.25, -0.2) is 4.79 Å². The number of likely N-dealkylation sites (N-methyl/N-ethyl adjacent to an activating group) is 3. The van der Waals surface area contributed by atoms with Gasteiger partial charge in [-0.1, -0.05) is 60.1 Å². The van der Waals surface area contributed by atoms with Crippen LogP contribution in [0.4, 0.5) is 0 Å². The molecule has 4 amide bonds. The highest BCUT2D eigenvalue weighted by atomic mass is 16.5. The second kappa shape index (κ2) is 20.3. The Morgan fingerprint density at radius 2 is 1.48 bits per heavy atom. The number of hydrogen-bond donors (Lipinski definition) is 4. The second-order valence-corrected chi connectivity index (χ2v) is 13.5. The molecule has 0 heterocycles. The lowest BCUT2D eigenvalue weighted by molar-refractivity contribution is -0.149. The molecule has 0 bridgehead atoms. The van der Waals surface area contributed by atoms with Gasteiger partial charge in [0.15, 0.2) is 0 Å². The lowest BCUT2D eigenvalue weighted by Gasteiger charge is -2.37. The average molecular weight is 654 g/mol. The number of hydrogen-bond acceptors (Lipinski definition) is 8. The van der Waals surface area contributed by atoms with Gasteiger partial charge in [0.05, 0.1) is 18.8 Å². The first-order valence-electron chi connectivity index (χ1n) is 16.5. The van der Waals surface area contributed by atoms with E-state index in [4.69, 9.17) is 4.74 Å². The Balaban J connectivity index is 6.46. The standard InChI is InChI=1S/C34H63N5O7/c1-14-17-18-23(7)28(30(41)36-24(16-3)33(44)46-13)39(12)32(43)27(21(4)5)37-29(40)26(19-22(6)15-2)38(11)31(42)25(35-10)20-34(8,9)45/h14,17,21-28,35,45H,15-16,18-20H2,1-13H3,(H,36,41)(H,37,40). The maximum atomic E-state index is 14.1. The number of carbonyl (C=O) groups excluding carboxylic acids is 5. The maximum Gasteiger partial charge on any atom is 0.328 e. The molecule has 0 aromatic rings. The Bertz CT molecular complexity index is 1030. The van der Waals surface area contributed by atoms with Crippen LogP contribution in [0.15, 0.2) is 12.2 Å². The zero-order valence-electron chi connectivity index (χ0n) is 30.6. The molecule has 0 aliphatic heterocycles. The predicted molar refractivity (Wildman–Crippen MR) is 181 cm³/mol. The van der Waals surface area contributed by atoms with Crippen LogP contribution in [0.3, 0.4) is 0 Å². The van der Waals surface area contributed by atoms with Crippen molar-refractivity contribution in [3.05, 3.63) is 12.2 Å². The van der Waals surface area contributed by atoms with E-state index < -0.39 is 59.5 Å². The van der Waals surface area contributed by atoms with E-state index in [-0.39, 0.29) is 30.1 Å². The number of aliphatic hydroxyl groups is 1. The molecule has 266 valence electrons. The van der Waals surface area contributed by atoms with Crippen LogP contribution >= 0.6 is 0 Å². The van der Waals surface area contributed by atoms with Crippen LogP contribution in [0.25, 0.3) is 0 Å². The zero-order chi connectivity index (χ0) is 35.9. The molecule has 0 saturated carbocycles. The van der Waals surface area contributed by atoms with Gasteiger partial charge in [-0.2, -0.15) is 0 Å². The number of methoxy groups -OCH3 is 1. The number of amides is 4. The summed E-state index contributed by atoms with van der Waals surface area (Å²) in [5, 5.41) is 19.0. The van der Waals surface area contributed by atoms with Crippen molar-refractivity contribution in [2.24, 2.45) is 17.8 Å². The van der Waals surface area contributed by atoms with Gasteiger partial charge >= 0.3 is 5.97 Å². The summed E-state index contributed by atoms with van der Waals surface area (Å²) in [5.41, 5.74) is -1.11. The van der Waals surface area contributed by atoms with E-state index in [1.54, 1.807) is 48.7 Å². The normalized spacial score (nSPS) is 16.5. The van der Waals surface area contributed by atoms with Crippen LogP contribution in [0.5, 0.6) is 0 Å². The van der Waals surface area contributed by atoms with Gasteiger partial charge in [0, 0.05) is 14.1 Å². The van der Waals surface area contributed by atoms with Gasteiger partial charge < -0.3 is 35.6 Å². The van der Waals surface area contributed by atoms with Crippen molar-refractivity contribution in [3.8, 4) is 0 Å². The first-order valence-corrected chi connectivity index (χ1v) is 16.5. The summed E-state index contributed by atoms with van der Waals surface area (Å²) in [4.78, 5) is 70.2. The molecule has 46 heavy (non-hydrogen) atoms. The molecule has 12 heteroatoms. The number of ether oxygens (including phenoxy) is 1. The SMILES string of the molecule is CC=CCC(C)C(C(=O)NC(CC)C(=O)OC)N(C)C(=O)C(NC(=O)C(CC(C)CC)N(C)C(=O)C(CC(C)(C)O)NC)C(C)C. The summed E-state index contributed by atoms with van der Waals surface area (Å²) in [6.07, 6.45) is 5.88. The highest BCUT2D eigenvalue weighted by Crippen LogP contribution is 2.21. The van der Waals surface area contributed by atoms with Gasteiger partial charge in [-0.3, -0.25) is 19.2 Å². The largest absolute Gasteiger partial charge is 0.467 e. The van der Waals surface area contributed by atoms with E-state index >= 15 is 0 Å². The molecule has 4 N–H and O–H groups in total. The quantitative estimate of drug-likeness (QED) is 0.115. The third-order valence-electron chi connectivity index (χ3n) is 8.55. The van der Waals surface area contributed by atoms with Crippen molar-refractivity contribution in [1.29, 1.82) is 0 Å². The van der Waals surface area contributed by atoms with Crippen molar-refractivity contribution in [1.82, 2.24) is 25.8 Å². The predicted octanol–water partition coefficient (Wildman–Crippen LogP) is 2.64. The van der Waals surface area contributed by atoms with E-state index in [0.29, 0.717) is 19.3 Å². The van der Waals surface area contributed by atoms with E-state index in [1.165, 1.54) is 24.0 Å². The molecule has 0 rings (SSSR count). The number of carbonyl (C=O) groups is 5. The fraction of sp³-hybridized carbons (Fsp3) is 0.794. The van der Waals surface area contributed by atoms with Crippen molar-refractivity contribution in [2.45, 2.75) is 130 Å². The minimum atomic E-state index is -1.11. The van der Waals surface area contributed by atoms with Crippen molar-refractivity contribution < 1.29 is 33.8 Å². The molecule has 7 atom stereocenters. The number of rotatable bonds is 20. The van der Waals surface area contributed by atoms with Crippen LogP contribution in [0.2, 0.25) is 0 Å². The van der Waals surface area contributed by atoms with E-state index in [1.807, 2.05) is 39.8 Å². The number of allylic oxidation sites excluding steroid dienone is 2. The van der Waals surface area contributed by atoms with Crippen molar-refractivity contribution in [2.75, 3.05) is 28.3 Å². The topological polar surface area (TPSA) is 157 Å². The van der Waals surface area contributed by atoms with Crippen LogP contribution < -0.4 is 16.0 Å². The fourth-order valence-corrected chi connectivity index (χ4v) is 5.34. The minimum absolute atomic E-state index is 0.103. The zero-order valence-corrected chi connectivity index (χ0v) is 30.6. The van der Waals surface area contributed by atoms with Gasteiger partial charge in [-0.15, -0.1) is 0 Å². The second-order valence-electron chi connectivity index (χ2n) is 13.5. The first-order chi connectivity index (χ1) is 21.3. The summed E-state index contributed by atoms with van der Waals surface area (Å²) in [5.74, 6) is -2.93. The summed E-state index contributed by atoms with van der Waals surface area (Å²) >= 11 is 0. The molecule has 0 aliphatic carbocycles. The first kappa shape index (κ1) is 43.0. The lowest BCUT2D eigenvalue weighted by atomic mass is 9.93. The fourth-order valence-electron chi connectivity index (χ4n) is 5.34. The molecule has 0 spiro atoms. The summed E-state index contributed by atoms with van der Waals surface area (Å²) in [7, 11) is 5.98. The Morgan fingerprint density at radius 1 is 0.891 bits per heavy atom. The third kappa shape index (κ3) is 13.4. The maximum absolute atomic E-state index is 14.1. The Morgan fingerprint density at radius 3 is 1.91 bits per heavy atom. The van der Waals surface area contributed by atoms with Crippen LogP contribution in [0, 0.1) is 17.8 Å². The smallest absolute Gasteiger partial charge is 0.328 e. The Hall–Kier alpha value is -2.99. The summed E-state index contributed by atoms with van der Waals surface area (Å²) in [6, 6.07) is -4.41. The number of nitrogens with zero attached hydrogens (tertiary/aromatic N) is 2. The van der Waals surface area contributed by atoms with Gasteiger partial charge in [0.25, 0.3) is 0 Å². The molecule has 0 aromatic carbocycles. The molecular formula is C34H63N5O7. The van der Waals surface area contributed by atoms with Crippen molar-refractivity contribution >= 4 is 29.6 Å². The van der Waals surface area contributed by atoms with Gasteiger partial charge in [0.1, 0.15) is 24.2 Å². The minimum Gasteiger partial charge on any atom is -0.467 e. The van der Waals surface area contributed by atoms with Gasteiger partial charge in [0.2, 0.25) is 23.6 Å². The van der Waals surface area contributed by atoms with Gasteiger partial charge in [-0.05, 0) is 71.3 Å². The van der Waals surface area contributed by atoms with Crippen molar-refractivity contribution in [3.63, 3.8) is 0 Å². The monoisotopic (exact) mass is 653 g/mol. The third-order valence-corrected chi connectivity index (χ3v) is 8.55. The van der Waals surface area contributed by atoms with E-state index in [9.17, 15) is 29.1 Å². The highest BCUT2D eigenvalue weighted by Gasteiger charge is 2.40. The summed E-state index contributed by atoms with van der Waals surface area (Å²) < 4.78 is 4.83.